The number of rotatable bonds is 10. The number of amides is 1. The van der Waals surface area contributed by atoms with Gasteiger partial charge in [0.05, 0.1) is 20.0 Å². The molecule has 4 rings (SSSR count). The maximum atomic E-state index is 12.6. The number of pyridine rings is 1. The zero-order valence-corrected chi connectivity index (χ0v) is 19.5. The molecule has 0 spiro atoms. The number of anilines is 1. The molecule has 0 bridgehead atoms. The van der Waals surface area contributed by atoms with E-state index in [0.29, 0.717) is 28.9 Å². The Bertz CT molecular complexity index is 1230. The summed E-state index contributed by atoms with van der Waals surface area (Å²) in [6.45, 7) is 0.332. The monoisotopic (exact) mass is 477 g/mol. The molecule has 10 heteroatoms. The highest BCUT2D eigenvalue weighted by atomic mass is 32.2. The lowest BCUT2D eigenvalue weighted by molar-refractivity contribution is -0.113. The van der Waals surface area contributed by atoms with Crippen molar-refractivity contribution < 1.29 is 19.0 Å². The Balaban J connectivity index is 1.37. The first-order valence-corrected chi connectivity index (χ1v) is 11.3. The zero-order chi connectivity index (χ0) is 23.8. The molecule has 34 heavy (non-hydrogen) atoms. The van der Waals surface area contributed by atoms with Gasteiger partial charge in [-0.05, 0) is 42.5 Å². The van der Waals surface area contributed by atoms with Gasteiger partial charge in [0.1, 0.15) is 18.7 Å². The summed E-state index contributed by atoms with van der Waals surface area (Å²) >= 11 is 1.29. The van der Waals surface area contributed by atoms with E-state index in [4.69, 9.17) is 14.2 Å². The minimum Gasteiger partial charge on any atom is -0.497 e. The largest absolute Gasteiger partial charge is 0.497 e. The SMILES string of the molecule is COc1ccc(-n2cnnc2SCC(=O)Nc2ccc(OC)c(OCc3cccnc3)c2)cc1. The Morgan fingerprint density at radius 1 is 1.06 bits per heavy atom. The quantitative estimate of drug-likeness (QED) is 0.342. The van der Waals surface area contributed by atoms with Crippen LogP contribution in [0.3, 0.4) is 0 Å². The third-order valence-corrected chi connectivity index (χ3v) is 5.71. The van der Waals surface area contributed by atoms with Gasteiger partial charge in [0.25, 0.3) is 0 Å². The normalized spacial score (nSPS) is 10.5. The van der Waals surface area contributed by atoms with Gasteiger partial charge in [-0.25, -0.2) is 0 Å². The van der Waals surface area contributed by atoms with Gasteiger partial charge in [-0.15, -0.1) is 10.2 Å². The van der Waals surface area contributed by atoms with Crippen molar-refractivity contribution >= 4 is 23.4 Å². The Labute approximate surface area is 201 Å². The number of carbonyl (C=O) groups is 1. The molecule has 0 fully saturated rings. The second kappa shape index (κ2) is 11.2. The van der Waals surface area contributed by atoms with Crippen molar-refractivity contribution in [2.45, 2.75) is 11.8 Å². The summed E-state index contributed by atoms with van der Waals surface area (Å²) in [6.07, 6.45) is 5.05. The van der Waals surface area contributed by atoms with Crippen LogP contribution in [0.1, 0.15) is 5.56 Å². The fraction of sp³-hybridized carbons (Fsp3) is 0.167. The van der Waals surface area contributed by atoms with E-state index < -0.39 is 0 Å². The van der Waals surface area contributed by atoms with Gasteiger partial charge in [-0.3, -0.25) is 14.3 Å². The van der Waals surface area contributed by atoms with Crippen molar-refractivity contribution in [2.75, 3.05) is 25.3 Å². The number of methoxy groups -OCH3 is 2. The van der Waals surface area contributed by atoms with Crippen molar-refractivity contribution in [1.29, 1.82) is 0 Å². The summed E-state index contributed by atoms with van der Waals surface area (Å²) in [5.74, 6) is 1.83. The number of thioether (sulfide) groups is 1. The van der Waals surface area contributed by atoms with Crippen LogP contribution in [0.15, 0.2) is 78.5 Å². The second-order valence-corrected chi connectivity index (χ2v) is 7.98. The Morgan fingerprint density at radius 3 is 2.65 bits per heavy atom. The number of nitrogens with zero attached hydrogens (tertiary/aromatic N) is 4. The molecule has 1 amide bonds. The van der Waals surface area contributed by atoms with Crippen molar-refractivity contribution in [3.8, 4) is 22.9 Å². The summed E-state index contributed by atoms with van der Waals surface area (Å²) in [4.78, 5) is 16.7. The lowest BCUT2D eigenvalue weighted by Gasteiger charge is -2.13. The third kappa shape index (κ3) is 5.84. The zero-order valence-electron chi connectivity index (χ0n) is 18.7. The molecular formula is C24H23N5O4S. The molecule has 0 saturated carbocycles. The van der Waals surface area contributed by atoms with Crippen molar-refractivity contribution in [3.63, 3.8) is 0 Å². The van der Waals surface area contributed by atoms with Gasteiger partial charge in [0, 0.05) is 35.4 Å². The van der Waals surface area contributed by atoms with Crippen LogP contribution < -0.4 is 19.5 Å². The molecule has 0 unspecified atom stereocenters. The maximum absolute atomic E-state index is 12.6. The molecule has 9 nitrogen and oxygen atoms in total. The van der Waals surface area contributed by atoms with Gasteiger partial charge in [-0.1, -0.05) is 17.8 Å². The van der Waals surface area contributed by atoms with Gasteiger partial charge in [-0.2, -0.15) is 0 Å². The Kier molecular flexibility index (Phi) is 7.61. The topological polar surface area (TPSA) is 100 Å². The van der Waals surface area contributed by atoms with Crippen LogP contribution in [0.4, 0.5) is 5.69 Å². The van der Waals surface area contributed by atoms with Crippen LogP contribution in [0.25, 0.3) is 5.69 Å². The molecule has 0 saturated heterocycles. The number of benzene rings is 2. The van der Waals surface area contributed by atoms with Gasteiger partial charge >= 0.3 is 0 Å². The number of hydrogen-bond acceptors (Lipinski definition) is 8. The van der Waals surface area contributed by atoms with Crippen molar-refractivity contribution in [2.24, 2.45) is 0 Å². The summed E-state index contributed by atoms with van der Waals surface area (Å²) in [7, 11) is 3.19. The van der Waals surface area contributed by atoms with Crippen molar-refractivity contribution in [1.82, 2.24) is 19.7 Å². The average Bonchev–Trinajstić information content (AvgIpc) is 3.36. The van der Waals surface area contributed by atoms with E-state index in [0.717, 1.165) is 17.0 Å². The predicted molar refractivity (Wildman–Crippen MR) is 129 cm³/mol. The molecular weight excluding hydrogens is 454 g/mol. The minimum atomic E-state index is -0.183. The lowest BCUT2D eigenvalue weighted by Crippen LogP contribution is -2.14. The molecule has 0 radical (unpaired) electrons. The second-order valence-electron chi connectivity index (χ2n) is 7.03. The maximum Gasteiger partial charge on any atom is 0.234 e. The summed E-state index contributed by atoms with van der Waals surface area (Å²) in [5.41, 5.74) is 2.40. The molecule has 2 aromatic heterocycles. The van der Waals surface area contributed by atoms with Crippen LogP contribution in [-0.4, -0.2) is 45.6 Å². The molecule has 0 atom stereocenters. The standard InChI is InChI=1S/C24H23N5O4S/c1-31-20-8-6-19(7-9-20)29-16-26-28-24(29)34-15-23(30)27-18-5-10-21(32-2)22(12-18)33-14-17-4-3-11-25-13-17/h3-13,16H,14-15H2,1-2H3,(H,27,30). The van der Waals surface area contributed by atoms with E-state index in [1.807, 2.05) is 41.0 Å². The van der Waals surface area contributed by atoms with Gasteiger partial charge in [0.15, 0.2) is 16.7 Å². The number of aromatic nitrogens is 4. The molecule has 2 aromatic carbocycles. The third-order valence-electron chi connectivity index (χ3n) is 4.76. The van der Waals surface area contributed by atoms with Crippen LogP contribution in [0.5, 0.6) is 17.2 Å². The number of nitrogens with one attached hydrogen (secondary N) is 1. The molecule has 0 aliphatic rings. The Hall–Kier alpha value is -4.05. The smallest absolute Gasteiger partial charge is 0.234 e. The van der Waals surface area contributed by atoms with Gasteiger partial charge < -0.3 is 19.5 Å². The molecule has 2 heterocycles. The fourth-order valence-corrected chi connectivity index (χ4v) is 3.81. The highest BCUT2D eigenvalue weighted by Gasteiger charge is 2.12. The summed E-state index contributed by atoms with van der Waals surface area (Å²) < 4.78 is 18.3. The lowest BCUT2D eigenvalue weighted by atomic mass is 10.2. The van der Waals surface area contributed by atoms with Crippen LogP contribution in [0, 0.1) is 0 Å². The number of hydrogen-bond donors (Lipinski definition) is 1. The van der Waals surface area contributed by atoms with Crippen LogP contribution in [0.2, 0.25) is 0 Å². The molecule has 4 aromatic rings. The van der Waals surface area contributed by atoms with Crippen LogP contribution >= 0.6 is 11.8 Å². The van der Waals surface area contributed by atoms with E-state index in [2.05, 4.69) is 20.5 Å². The molecule has 174 valence electrons. The summed E-state index contributed by atoms with van der Waals surface area (Å²) in [6, 6.07) is 16.5. The van der Waals surface area contributed by atoms with Crippen molar-refractivity contribution in [3.05, 3.63) is 78.9 Å². The molecule has 0 aliphatic carbocycles. The van der Waals surface area contributed by atoms with E-state index in [1.165, 1.54) is 11.8 Å². The highest BCUT2D eigenvalue weighted by Crippen LogP contribution is 2.31. The van der Waals surface area contributed by atoms with E-state index in [1.54, 1.807) is 51.1 Å². The predicted octanol–water partition coefficient (Wildman–Crippen LogP) is 3.99. The number of ether oxygens (including phenoxy) is 3. The van der Waals surface area contributed by atoms with Crippen LogP contribution in [-0.2, 0) is 11.4 Å². The number of carbonyl (C=O) groups excluding carboxylic acids is 1. The summed E-state index contributed by atoms with van der Waals surface area (Å²) in [5, 5.41) is 11.6. The van der Waals surface area contributed by atoms with E-state index in [9.17, 15) is 4.79 Å². The Morgan fingerprint density at radius 2 is 1.91 bits per heavy atom. The van der Waals surface area contributed by atoms with E-state index in [-0.39, 0.29) is 11.7 Å². The first-order valence-electron chi connectivity index (χ1n) is 10.3. The van der Waals surface area contributed by atoms with Gasteiger partial charge in [0.2, 0.25) is 5.91 Å². The fourth-order valence-electron chi connectivity index (χ4n) is 3.08. The molecule has 1 N–H and O–H groups in total. The highest BCUT2D eigenvalue weighted by molar-refractivity contribution is 7.99. The average molecular weight is 478 g/mol. The van der Waals surface area contributed by atoms with E-state index >= 15 is 0 Å². The minimum absolute atomic E-state index is 0.159. The molecule has 0 aliphatic heterocycles. The first kappa shape index (κ1) is 23.1. The first-order chi connectivity index (χ1) is 16.7.